The Balaban J connectivity index is 1.96. The van der Waals surface area contributed by atoms with Crippen LogP contribution in [0.3, 0.4) is 0 Å². The van der Waals surface area contributed by atoms with Gasteiger partial charge in [0, 0.05) is 56.9 Å². The number of nitrogens with zero attached hydrogens (tertiary/aromatic N) is 4. The van der Waals surface area contributed by atoms with Crippen molar-refractivity contribution < 1.29 is 13.9 Å². The first kappa shape index (κ1) is 23.1. The van der Waals surface area contributed by atoms with Crippen molar-refractivity contribution in [3.05, 3.63) is 52.7 Å². The van der Waals surface area contributed by atoms with E-state index < -0.39 is 0 Å². The Morgan fingerprint density at radius 2 is 1.87 bits per heavy atom. The third-order valence-corrected chi connectivity index (χ3v) is 6.00. The summed E-state index contributed by atoms with van der Waals surface area (Å²) in [6.07, 6.45) is 2.17. The quantitative estimate of drug-likeness (QED) is 0.643. The van der Waals surface area contributed by atoms with Crippen LogP contribution in [0.4, 0.5) is 10.2 Å². The van der Waals surface area contributed by atoms with Crippen LogP contribution >= 0.6 is 0 Å². The van der Waals surface area contributed by atoms with Crippen LogP contribution in [0.15, 0.2) is 24.3 Å². The van der Waals surface area contributed by atoms with Gasteiger partial charge >= 0.3 is 0 Å². The minimum Gasteiger partial charge on any atom is -0.375 e. The van der Waals surface area contributed by atoms with Gasteiger partial charge in [0.05, 0.1) is 0 Å². The molecule has 1 aliphatic rings. The summed E-state index contributed by atoms with van der Waals surface area (Å²) in [4.78, 5) is 26.1. The van der Waals surface area contributed by atoms with Crippen LogP contribution in [-0.4, -0.2) is 60.7 Å². The molecule has 31 heavy (non-hydrogen) atoms. The maximum atomic E-state index is 14.4. The molecule has 0 saturated carbocycles. The van der Waals surface area contributed by atoms with Gasteiger partial charge in [-0.3, -0.25) is 4.79 Å². The Bertz CT molecular complexity index is 897. The number of aryl methyl sites for hydroxylation is 1. The number of carbonyl (C=O) groups excluding carboxylic acids is 1. The number of hydrogen-bond acceptors (Lipinski definition) is 5. The zero-order valence-corrected chi connectivity index (χ0v) is 19.0. The van der Waals surface area contributed by atoms with Gasteiger partial charge in [-0.1, -0.05) is 39.0 Å². The van der Waals surface area contributed by atoms with E-state index in [0.717, 1.165) is 35.7 Å². The molecule has 2 heterocycles. The summed E-state index contributed by atoms with van der Waals surface area (Å²) in [5, 5.41) is 0. The van der Waals surface area contributed by atoms with Crippen LogP contribution in [-0.2, 0) is 22.4 Å². The van der Waals surface area contributed by atoms with Gasteiger partial charge in [-0.05, 0) is 24.5 Å². The monoisotopic (exact) mass is 428 g/mol. The minimum atomic E-state index is -0.212. The third kappa shape index (κ3) is 5.39. The molecule has 0 aliphatic carbocycles. The number of carbonyl (C=O) groups is 1. The summed E-state index contributed by atoms with van der Waals surface area (Å²) in [6.45, 7) is 9.04. The largest absolute Gasteiger partial charge is 0.375 e. The highest BCUT2D eigenvalue weighted by atomic mass is 19.1. The number of anilines is 1. The zero-order valence-electron chi connectivity index (χ0n) is 19.0. The first-order valence-electron chi connectivity index (χ1n) is 11.1. The summed E-state index contributed by atoms with van der Waals surface area (Å²) in [5.74, 6) is 1.76. The summed E-state index contributed by atoms with van der Waals surface area (Å²) in [7, 11) is 1.53. The van der Waals surface area contributed by atoms with E-state index in [9.17, 15) is 9.18 Å². The number of hydrogen-bond donors (Lipinski definition) is 0. The molecule has 1 atom stereocenters. The Labute approximate surface area is 184 Å². The lowest BCUT2D eigenvalue weighted by molar-refractivity contribution is -0.135. The fraction of sp³-hybridized carbons (Fsp3) is 0.542. The molecule has 1 aromatic heterocycles. The summed E-state index contributed by atoms with van der Waals surface area (Å²) >= 11 is 0. The topological polar surface area (TPSA) is 58.6 Å². The zero-order chi connectivity index (χ0) is 22.4. The number of rotatable bonds is 8. The van der Waals surface area contributed by atoms with Gasteiger partial charge in [-0.15, -0.1) is 0 Å². The Kier molecular flexibility index (Phi) is 7.96. The molecule has 0 unspecified atom stereocenters. The van der Waals surface area contributed by atoms with Crippen molar-refractivity contribution in [3.8, 4) is 0 Å². The van der Waals surface area contributed by atoms with Crippen LogP contribution in [0.1, 0.15) is 55.8 Å². The molecule has 1 aliphatic heterocycles. The molecule has 0 radical (unpaired) electrons. The van der Waals surface area contributed by atoms with E-state index in [0.29, 0.717) is 38.2 Å². The van der Waals surface area contributed by atoms with Crippen molar-refractivity contribution in [1.82, 2.24) is 14.9 Å². The average molecular weight is 429 g/mol. The van der Waals surface area contributed by atoms with Crippen molar-refractivity contribution in [2.24, 2.45) is 0 Å². The number of ether oxygens (including phenoxy) is 1. The SMILES string of the molecule is CCc1nc([C@H](C)CC)nc(N2CCN(C(=O)COC)CC2)c1Cc1ccccc1F. The number of piperazine rings is 1. The summed E-state index contributed by atoms with van der Waals surface area (Å²) in [6, 6.07) is 6.88. The lowest BCUT2D eigenvalue weighted by atomic mass is 10.00. The molecule has 0 bridgehead atoms. The molecule has 0 N–H and O–H groups in total. The van der Waals surface area contributed by atoms with E-state index in [-0.39, 0.29) is 24.2 Å². The standard InChI is InChI=1S/C24H33FN4O2/c1-5-17(3)23-26-21(6-2)19(15-18-9-7-8-10-20(18)25)24(27-23)29-13-11-28(12-14-29)22(30)16-31-4/h7-10,17H,5-6,11-16H2,1-4H3/t17-/m1/s1. The second-order valence-electron chi connectivity index (χ2n) is 8.06. The Morgan fingerprint density at radius 3 is 2.48 bits per heavy atom. The van der Waals surface area contributed by atoms with Crippen molar-refractivity contribution in [2.75, 3.05) is 44.8 Å². The Hall–Kier alpha value is -2.54. The van der Waals surface area contributed by atoms with Gasteiger partial charge in [-0.25, -0.2) is 14.4 Å². The van der Waals surface area contributed by atoms with Crippen molar-refractivity contribution in [3.63, 3.8) is 0 Å². The van der Waals surface area contributed by atoms with E-state index >= 15 is 0 Å². The Morgan fingerprint density at radius 1 is 1.16 bits per heavy atom. The average Bonchev–Trinajstić information content (AvgIpc) is 2.80. The number of halogens is 1. The van der Waals surface area contributed by atoms with Crippen molar-refractivity contribution in [2.45, 2.75) is 46.0 Å². The normalized spacial score (nSPS) is 15.3. The van der Waals surface area contributed by atoms with Gasteiger partial charge in [0.25, 0.3) is 0 Å². The molecule has 7 heteroatoms. The fourth-order valence-electron chi connectivity index (χ4n) is 3.89. The first-order valence-corrected chi connectivity index (χ1v) is 11.1. The van der Waals surface area contributed by atoms with Crippen LogP contribution in [0.2, 0.25) is 0 Å². The first-order chi connectivity index (χ1) is 15.0. The van der Waals surface area contributed by atoms with E-state index in [1.807, 2.05) is 17.0 Å². The third-order valence-electron chi connectivity index (χ3n) is 6.00. The van der Waals surface area contributed by atoms with Crippen LogP contribution in [0.5, 0.6) is 0 Å². The number of benzene rings is 1. The highest BCUT2D eigenvalue weighted by Gasteiger charge is 2.26. The van der Waals surface area contributed by atoms with E-state index in [4.69, 9.17) is 14.7 Å². The molecule has 1 fully saturated rings. The van der Waals surface area contributed by atoms with Crippen LogP contribution < -0.4 is 4.90 Å². The van der Waals surface area contributed by atoms with Gasteiger partial charge < -0.3 is 14.5 Å². The second-order valence-corrected chi connectivity index (χ2v) is 8.06. The molecular weight excluding hydrogens is 395 g/mol. The molecule has 2 aromatic rings. The van der Waals surface area contributed by atoms with Gasteiger partial charge in [0.2, 0.25) is 5.91 Å². The van der Waals surface area contributed by atoms with Gasteiger partial charge in [0.1, 0.15) is 24.1 Å². The molecule has 1 amide bonds. The lowest BCUT2D eigenvalue weighted by Crippen LogP contribution is -2.50. The number of aromatic nitrogens is 2. The minimum absolute atomic E-state index is 0.00552. The molecule has 6 nitrogen and oxygen atoms in total. The van der Waals surface area contributed by atoms with Gasteiger partial charge in [-0.2, -0.15) is 0 Å². The maximum Gasteiger partial charge on any atom is 0.248 e. The highest BCUT2D eigenvalue weighted by molar-refractivity contribution is 5.77. The van der Waals surface area contributed by atoms with Gasteiger partial charge in [0.15, 0.2) is 0 Å². The van der Waals surface area contributed by atoms with E-state index in [1.54, 1.807) is 6.07 Å². The number of methoxy groups -OCH3 is 1. The van der Waals surface area contributed by atoms with Crippen LogP contribution in [0, 0.1) is 5.82 Å². The lowest BCUT2D eigenvalue weighted by Gasteiger charge is -2.36. The highest BCUT2D eigenvalue weighted by Crippen LogP contribution is 2.29. The van der Waals surface area contributed by atoms with E-state index in [1.165, 1.54) is 13.2 Å². The molecule has 1 saturated heterocycles. The van der Waals surface area contributed by atoms with Crippen molar-refractivity contribution in [1.29, 1.82) is 0 Å². The summed E-state index contributed by atoms with van der Waals surface area (Å²) in [5.41, 5.74) is 2.60. The molecule has 1 aromatic carbocycles. The molecule has 168 valence electrons. The molecule has 3 rings (SSSR count). The second kappa shape index (κ2) is 10.7. The van der Waals surface area contributed by atoms with E-state index in [2.05, 4.69) is 25.7 Å². The maximum absolute atomic E-state index is 14.4. The molecular formula is C24H33FN4O2. The predicted octanol–water partition coefficient (Wildman–Crippen LogP) is 3.58. The predicted molar refractivity (Wildman–Crippen MR) is 120 cm³/mol. The summed E-state index contributed by atoms with van der Waals surface area (Å²) < 4.78 is 19.4. The fourth-order valence-corrected chi connectivity index (χ4v) is 3.89. The van der Waals surface area contributed by atoms with Crippen molar-refractivity contribution >= 4 is 11.7 Å². The number of amides is 1. The smallest absolute Gasteiger partial charge is 0.248 e. The molecule has 0 spiro atoms. The van der Waals surface area contributed by atoms with Crippen LogP contribution in [0.25, 0.3) is 0 Å².